The van der Waals surface area contributed by atoms with E-state index in [9.17, 15) is 0 Å². The van der Waals surface area contributed by atoms with Crippen molar-refractivity contribution >= 4 is 23.5 Å². The largest absolute Gasteiger partial charge is 0.375 e. The number of nitrogens with zero attached hydrogens (tertiary/aromatic N) is 4. The van der Waals surface area contributed by atoms with E-state index in [4.69, 9.17) is 16.3 Å². The Morgan fingerprint density at radius 3 is 2.62 bits per heavy atom. The van der Waals surface area contributed by atoms with Gasteiger partial charge in [0.15, 0.2) is 0 Å². The minimum atomic E-state index is -0.117. The predicted octanol–water partition coefficient (Wildman–Crippen LogP) is 2.74. The smallest absolute Gasteiger partial charge is 0.231 e. The molecule has 0 aromatic carbocycles. The molecule has 6 nitrogen and oxygen atoms in total. The Morgan fingerprint density at radius 2 is 2.00 bits per heavy atom. The van der Waals surface area contributed by atoms with E-state index in [2.05, 4.69) is 48.0 Å². The summed E-state index contributed by atoms with van der Waals surface area (Å²) in [7, 11) is 0. The Bertz CT molecular complexity index is 478. The minimum absolute atomic E-state index is 0.117. The van der Waals surface area contributed by atoms with Crippen molar-refractivity contribution in [2.45, 2.75) is 52.2 Å². The van der Waals surface area contributed by atoms with Crippen LogP contribution in [0.5, 0.6) is 0 Å². The Morgan fingerprint density at radius 1 is 1.29 bits per heavy atom. The van der Waals surface area contributed by atoms with Crippen LogP contribution in [-0.2, 0) is 4.74 Å². The second-order valence-corrected chi connectivity index (χ2v) is 6.18. The van der Waals surface area contributed by atoms with Gasteiger partial charge >= 0.3 is 0 Å². The van der Waals surface area contributed by atoms with Crippen molar-refractivity contribution in [2.24, 2.45) is 0 Å². The molecule has 0 aliphatic carbocycles. The van der Waals surface area contributed by atoms with Crippen LogP contribution in [0.4, 0.5) is 11.9 Å². The number of anilines is 2. The maximum atomic E-state index is 6.03. The van der Waals surface area contributed by atoms with E-state index in [1.54, 1.807) is 0 Å². The fraction of sp³-hybridized carbons (Fsp3) is 0.786. The van der Waals surface area contributed by atoms with Crippen LogP contribution >= 0.6 is 11.6 Å². The number of hydrogen-bond acceptors (Lipinski definition) is 6. The first-order valence-corrected chi connectivity index (χ1v) is 7.88. The molecule has 0 bridgehead atoms. The molecule has 1 aliphatic rings. The normalized spacial score (nSPS) is 21.1. The van der Waals surface area contributed by atoms with Gasteiger partial charge in [-0.3, -0.25) is 0 Å². The zero-order chi connectivity index (χ0) is 15.5. The minimum Gasteiger partial charge on any atom is -0.375 e. The molecule has 0 saturated carbocycles. The van der Waals surface area contributed by atoms with Crippen molar-refractivity contribution in [3.05, 3.63) is 5.28 Å². The van der Waals surface area contributed by atoms with Crippen LogP contribution in [0.1, 0.15) is 40.5 Å². The fourth-order valence-electron chi connectivity index (χ4n) is 2.59. The molecule has 0 radical (unpaired) electrons. The number of aromatic nitrogens is 3. The SMILES string of the molecule is CCN(CC)c1nc(Cl)nc(NC2CCOC(C)(C)C2)n1. The summed E-state index contributed by atoms with van der Waals surface area (Å²) < 4.78 is 5.73. The van der Waals surface area contributed by atoms with Gasteiger partial charge in [0.25, 0.3) is 0 Å². The highest BCUT2D eigenvalue weighted by Crippen LogP contribution is 2.26. The molecule has 1 saturated heterocycles. The van der Waals surface area contributed by atoms with Crippen LogP contribution in [0.3, 0.4) is 0 Å². The standard InChI is InChI=1S/C14H24ClN5O/c1-5-20(6-2)13-18-11(15)17-12(19-13)16-10-7-8-21-14(3,4)9-10/h10H,5-9H2,1-4H3,(H,16,17,18,19). The van der Waals surface area contributed by atoms with Gasteiger partial charge in [0.05, 0.1) is 5.60 Å². The Hall–Kier alpha value is -1.14. The molecule has 1 unspecified atom stereocenters. The summed E-state index contributed by atoms with van der Waals surface area (Å²) in [6.45, 7) is 10.7. The molecule has 118 valence electrons. The van der Waals surface area contributed by atoms with Gasteiger partial charge in [0, 0.05) is 25.7 Å². The molecule has 0 spiro atoms. The van der Waals surface area contributed by atoms with Gasteiger partial charge in [0.1, 0.15) is 0 Å². The van der Waals surface area contributed by atoms with Crippen molar-refractivity contribution in [2.75, 3.05) is 29.9 Å². The van der Waals surface area contributed by atoms with Gasteiger partial charge in [0.2, 0.25) is 17.2 Å². The van der Waals surface area contributed by atoms with E-state index in [1.165, 1.54) is 0 Å². The molecule has 0 amide bonds. The van der Waals surface area contributed by atoms with E-state index >= 15 is 0 Å². The van der Waals surface area contributed by atoms with Gasteiger partial charge in [-0.25, -0.2) is 0 Å². The van der Waals surface area contributed by atoms with E-state index in [-0.39, 0.29) is 16.9 Å². The second-order valence-electron chi connectivity index (χ2n) is 5.84. The molecule has 1 aromatic heterocycles. The predicted molar refractivity (Wildman–Crippen MR) is 85.1 cm³/mol. The lowest BCUT2D eigenvalue weighted by Crippen LogP contribution is -2.40. The number of nitrogens with one attached hydrogen (secondary N) is 1. The summed E-state index contributed by atoms with van der Waals surface area (Å²) in [6.07, 6.45) is 1.85. The lowest BCUT2D eigenvalue weighted by Gasteiger charge is -2.35. The molecule has 1 atom stereocenters. The van der Waals surface area contributed by atoms with Crippen molar-refractivity contribution in [3.63, 3.8) is 0 Å². The number of halogens is 1. The van der Waals surface area contributed by atoms with Crippen molar-refractivity contribution in [1.29, 1.82) is 0 Å². The molecule has 7 heteroatoms. The quantitative estimate of drug-likeness (QED) is 0.902. The summed E-state index contributed by atoms with van der Waals surface area (Å²) in [5.74, 6) is 1.16. The molecule has 1 N–H and O–H groups in total. The van der Waals surface area contributed by atoms with E-state index in [0.29, 0.717) is 11.9 Å². The number of rotatable bonds is 5. The maximum absolute atomic E-state index is 6.03. The van der Waals surface area contributed by atoms with Crippen LogP contribution in [0.15, 0.2) is 0 Å². The van der Waals surface area contributed by atoms with Crippen LogP contribution in [-0.4, -0.2) is 46.3 Å². The first-order chi connectivity index (χ1) is 9.93. The zero-order valence-electron chi connectivity index (χ0n) is 13.2. The highest BCUT2D eigenvalue weighted by atomic mass is 35.5. The van der Waals surface area contributed by atoms with Crippen LogP contribution in [0, 0.1) is 0 Å². The van der Waals surface area contributed by atoms with Crippen molar-refractivity contribution < 1.29 is 4.74 Å². The van der Waals surface area contributed by atoms with Gasteiger partial charge < -0.3 is 15.0 Å². The summed E-state index contributed by atoms with van der Waals surface area (Å²) in [6, 6.07) is 0.289. The highest BCUT2D eigenvalue weighted by Gasteiger charge is 2.29. The topological polar surface area (TPSA) is 63.2 Å². The monoisotopic (exact) mass is 313 g/mol. The second kappa shape index (κ2) is 6.75. The third-order valence-electron chi connectivity index (χ3n) is 3.67. The number of hydrogen-bond donors (Lipinski definition) is 1. The molecule has 1 aliphatic heterocycles. The average molecular weight is 314 g/mol. The van der Waals surface area contributed by atoms with Gasteiger partial charge in [-0.15, -0.1) is 0 Å². The van der Waals surface area contributed by atoms with Crippen LogP contribution < -0.4 is 10.2 Å². The van der Waals surface area contributed by atoms with Crippen LogP contribution in [0.25, 0.3) is 0 Å². The molecule has 1 fully saturated rings. The third kappa shape index (κ3) is 4.41. The first-order valence-electron chi connectivity index (χ1n) is 7.50. The molecular weight excluding hydrogens is 290 g/mol. The van der Waals surface area contributed by atoms with E-state index < -0.39 is 0 Å². The summed E-state index contributed by atoms with van der Waals surface area (Å²) in [5, 5.41) is 3.59. The van der Waals surface area contributed by atoms with E-state index in [0.717, 1.165) is 32.5 Å². The molecular formula is C14H24ClN5O. The molecule has 2 heterocycles. The summed E-state index contributed by atoms with van der Waals surface area (Å²) in [5.41, 5.74) is -0.117. The Kier molecular flexibility index (Phi) is 5.22. The van der Waals surface area contributed by atoms with Crippen molar-refractivity contribution in [1.82, 2.24) is 15.0 Å². The van der Waals surface area contributed by atoms with Crippen LogP contribution in [0.2, 0.25) is 5.28 Å². The zero-order valence-corrected chi connectivity index (χ0v) is 13.9. The fourth-order valence-corrected chi connectivity index (χ4v) is 2.75. The van der Waals surface area contributed by atoms with Gasteiger partial charge in [-0.2, -0.15) is 15.0 Å². The Balaban J connectivity index is 2.12. The maximum Gasteiger partial charge on any atom is 0.231 e. The lowest BCUT2D eigenvalue weighted by atomic mass is 9.94. The highest BCUT2D eigenvalue weighted by molar-refractivity contribution is 6.28. The van der Waals surface area contributed by atoms with Crippen molar-refractivity contribution in [3.8, 4) is 0 Å². The molecule has 2 rings (SSSR count). The third-order valence-corrected chi connectivity index (χ3v) is 3.84. The lowest BCUT2D eigenvalue weighted by molar-refractivity contribution is -0.0553. The number of ether oxygens (including phenoxy) is 1. The van der Waals surface area contributed by atoms with E-state index in [1.807, 2.05) is 4.90 Å². The summed E-state index contributed by atoms with van der Waals surface area (Å²) in [4.78, 5) is 14.9. The first kappa shape index (κ1) is 16.2. The Labute approximate surface area is 131 Å². The summed E-state index contributed by atoms with van der Waals surface area (Å²) >= 11 is 6.03. The molecule has 1 aromatic rings. The van der Waals surface area contributed by atoms with Gasteiger partial charge in [-0.1, -0.05) is 0 Å². The van der Waals surface area contributed by atoms with Gasteiger partial charge in [-0.05, 0) is 52.1 Å². The average Bonchev–Trinajstić information content (AvgIpc) is 2.38. The molecule has 21 heavy (non-hydrogen) atoms.